The Morgan fingerprint density at radius 2 is 1.52 bits per heavy atom. The highest BCUT2D eigenvalue weighted by atomic mass is 16.1. The van der Waals surface area contributed by atoms with Crippen molar-refractivity contribution < 1.29 is 0 Å². The van der Waals surface area contributed by atoms with E-state index in [4.69, 9.17) is 0 Å². The Balaban J connectivity index is 1.94. The molecule has 1 aromatic heterocycles. The molecule has 3 heteroatoms. The molecule has 0 bridgehead atoms. The first-order chi connectivity index (χ1) is 11.1. The minimum absolute atomic E-state index is 0.0114. The summed E-state index contributed by atoms with van der Waals surface area (Å²) < 4.78 is 1.87. The summed E-state index contributed by atoms with van der Waals surface area (Å²) >= 11 is 0. The molecule has 118 valence electrons. The molecule has 1 N–H and O–H groups in total. The molecule has 3 aromatic rings. The van der Waals surface area contributed by atoms with Crippen LogP contribution >= 0.6 is 0 Å². The standard InChI is InChI=1S/C20H22N2O/c1-4-16-7-9-17(10-8-16)13-19-15(3)22(21-20(19)23)18-11-5-14(2)6-12-18/h5-12H,4,13H2,1-3H3,(H,21,23). The molecule has 0 radical (unpaired) electrons. The van der Waals surface area contributed by atoms with Crippen LogP contribution in [0.15, 0.2) is 53.3 Å². The van der Waals surface area contributed by atoms with E-state index in [0.29, 0.717) is 6.42 Å². The number of nitrogens with zero attached hydrogens (tertiary/aromatic N) is 1. The molecule has 0 aliphatic carbocycles. The van der Waals surface area contributed by atoms with Crippen LogP contribution in [0.4, 0.5) is 0 Å². The van der Waals surface area contributed by atoms with Crippen LogP contribution in [0.25, 0.3) is 5.69 Å². The van der Waals surface area contributed by atoms with Crippen molar-refractivity contribution >= 4 is 0 Å². The van der Waals surface area contributed by atoms with Gasteiger partial charge in [-0.15, -0.1) is 0 Å². The summed E-state index contributed by atoms with van der Waals surface area (Å²) in [6.07, 6.45) is 1.69. The van der Waals surface area contributed by atoms with Gasteiger partial charge in [-0.2, -0.15) is 0 Å². The number of benzene rings is 2. The molecule has 0 aliphatic heterocycles. The lowest BCUT2D eigenvalue weighted by atomic mass is 10.0. The van der Waals surface area contributed by atoms with Crippen molar-refractivity contribution in [1.29, 1.82) is 0 Å². The Kier molecular flexibility index (Phi) is 4.20. The monoisotopic (exact) mass is 306 g/mol. The van der Waals surface area contributed by atoms with Gasteiger partial charge in [0.15, 0.2) is 0 Å². The molecular weight excluding hydrogens is 284 g/mol. The van der Waals surface area contributed by atoms with Crippen LogP contribution in [-0.4, -0.2) is 9.78 Å². The van der Waals surface area contributed by atoms with Gasteiger partial charge < -0.3 is 0 Å². The summed E-state index contributed by atoms with van der Waals surface area (Å²) in [5, 5.41) is 2.95. The Labute approximate surface area is 136 Å². The molecule has 0 unspecified atom stereocenters. The molecular formula is C20H22N2O. The van der Waals surface area contributed by atoms with Crippen LogP contribution in [0.5, 0.6) is 0 Å². The average Bonchev–Trinajstić information content (AvgIpc) is 2.84. The van der Waals surface area contributed by atoms with Crippen molar-refractivity contribution in [3.8, 4) is 5.69 Å². The van der Waals surface area contributed by atoms with Crippen LogP contribution in [-0.2, 0) is 12.8 Å². The third-order valence-corrected chi connectivity index (χ3v) is 4.36. The zero-order chi connectivity index (χ0) is 16.4. The zero-order valence-corrected chi connectivity index (χ0v) is 13.9. The molecule has 2 aromatic carbocycles. The Morgan fingerprint density at radius 1 is 0.913 bits per heavy atom. The molecule has 0 fully saturated rings. The Morgan fingerprint density at radius 3 is 2.13 bits per heavy atom. The van der Waals surface area contributed by atoms with Crippen molar-refractivity contribution in [2.75, 3.05) is 0 Å². The van der Waals surface area contributed by atoms with E-state index < -0.39 is 0 Å². The molecule has 3 nitrogen and oxygen atoms in total. The fourth-order valence-electron chi connectivity index (χ4n) is 2.81. The molecule has 0 saturated heterocycles. The minimum atomic E-state index is -0.0114. The number of nitrogens with one attached hydrogen (secondary N) is 1. The van der Waals surface area contributed by atoms with Gasteiger partial charge in [-0.05, 0) is 43.5 Å². The van der Waals surface area contributed by atoms with Crippen molar-refractivity contribution in [1.82, 2.24) is 9.78 Å². The largest absolute Gasteiger partial charge is 0.268 e. The molecule has 0 spiro atoms. The normalized spacial score (nSPS) is 10.9. The second kappa shape index (κ2) is 6.29. The maximum absolute atomic E-state index is 12.4. The van der Waals surface area contributed by atoms with Crippen LogP contribution < -0.4 is 5.56 Å². The number of aromatic amines is 1. The van der Waals surface area contributed by atoms with E-state index in [1.807, 2.05) is 23.7 Å². The van der Waals surface area contributed by atoms with Gasteiger partial charge in [0.05, 0.1) is 5.69 Å². The van der Waals surface area contributed by atoms with Crippen LogP contribution in [0, 0.1) is 13.8 Å². The lowest BCUT2D eigenvalue weighted by molar-refractivity contribution is 0.833. The van der Waals surface area contributed by atoms with Crippen LogP contribution in [0.2, 0.25) is 0 Å². The average molecular weight is 306 g/mol. The van der Waals surface area contributed by atoms with Gasteiger partial charge in [0.1, 0.15) is 0 Å². The first kappa shape index (κ1) is 15.3. The lowest BCUT2D eigenvalue weighted by Gasteiger charge is -2.07. The maximum Gasteiger partial charge on any atom is 0.268 e. The van der Waals surface area contributed by atoms with E-state index >= 15 is 0 Å². The van der Waals surface area contributed by atoms with Gasteiger partial charge in [0.2, 0.25) is 0 Å². The Hall–Kier alpha value is -2.55. The van der Waals surface area contributed by atoms with Crippen molar-refractivity contribution in [2.45, 2.75) is 33.6 Å². The van der Waals surface area contributed by atoms with Crippen LogP contribution in [0.3, 0.4) is 0 Å². The van der Waals surface area contributed by atoms with Crippen molar-refractivity contribution in [2.24, 2.45) is 0 Å². The maximum atomic E-state index is 12.4. The van der Waals surface area contributed by atoms with Gasteiger partial charge in [0.25, 0.3) is 5.56 Å². The van der Waals surface area contributed by atoms with E-state index in [9.17, 15) is 4.79 Å². The lowest BCUT2D eigenvalue weighted by Crippen LogP contribution is -2.07. The van der Waals surface area contributed by atoms with E-state index in [0.717, 1.165) is 28.9 Å². The van der Waals surface area contributed by atoms with Crippen LogP contribution in [0.1, 0.15) is 34.9 Å². The SMILES string of the molecule is CCc1ccc(Cc2c(C)n(-c3ccc(C)cc3)[nH]c2=O)cc1. The number of aromatic nitrogens is 2. The number of rotatable bonds is 4. The summed E-state index contributed by atoms with van der Waals surface area (Å²) in [7, 11) is 0. The fourth-order valence-corrected chi connectivity index (χ4v) is 2.81. The first-order valence-corrected chi connectivity index (χ1v) is 8.04. The zero-order valence-electron chi connectivity index (χ0n) is 13.9. The van der Waals surface area contributed by atoms with E-state index in [-0.39, 0.29) is 5.56 Å². The van der Waals surface area contributed by atoms with Gasteiger partial charge >= 0.3 is 0 Å². The predicted octanol–water partition coefficient (Wildman–Crippen LogP) is 3.94. The van der Waals surface area contributed by atoms with Crippen molar-refractivity contribution in [3.63, 3.8) is 0 Å². The fraction of sp³-hybridized carbons (Fsp3) is 0.250. The smallest absolute Gasteiger partial charge is 0.268 e. The molecule has 0 atom stereocenters. The third kappa shape index (κ3) is 3.14. The summed E-state index contributed by atoms with van der Waals surface area (Å²) in [5.74, 6) is 0. The van der Waals surface area contributed by atoms with Gasteiger partial charge in [0, 0.05) is 17.7 Å². The quantitative estimate of drug-likeness (QED) is 0.779. The summed E-state index contributed by atoms with van der Waals surface area (Å²) in [5.41, 5.74) is 6.46. The molecule has 23 heavy (non-hydrogen) atoms. The number of hydrogen-bond acceptors (Lipinski definition) is 1. The van der Waals surface area contributed by atoms with Gasteiger partial charge in [-0.1, -0.05) is 48.9 Å². The van der Waals surface area contributed by atoms with E-state index in [1.54, 1.807) is 0 Å². The summed E-state index contributed by atoms with van der Waals surface area (Å²) in [4.78, 5) is 12.4. The topological polar surface area (TPSA) is 37.8 Å². The second-order valence-electron chi connectivity index (χ2n) is 6.02. The molecule has 0 aliphatic rings. The number of hydrogen-bond donors (Lipinski definition) is 1. The second-order valence-corrected chi connectivity index (χ2v) is 6.02. The van der Waals surface area contributed by atoms with E-state index in [2.05, 4.69) is 55.3 Å². The van der Waals surface area contributed by atoms with E-state index in [1.165, 1.54) is 11.1 Å². The summed E-state index contributed by atoms with van der Waals surface area (Å²) in [6, 6.07) is 16.6. The Bertz CT molecular complexity index is 852. The highest BCUT2D eigenvalue weighted by molar-refractivity contribution is 5.38. The van der Waals surface area contributed by atoms with Gasteiger partial charge in [-0.25, -0.2) is 0 Å². The highest BCUT2D eigenvalue weighted by Gasteiger charge is 2.12. The third-order valence-electron chi connectivity index (χ3n) is 4.36. The molecule has 1 heterocycles. The predicted molar refractivity (Wildman–Crippen MR) is 94.5 cm³/mol. The minimum Gasteiger partial charge on any atom is -0.268 e. The first-order valence-electron chi connectivity index (χ1n) is 8.04. The number of aryl methyl sites for hydroxylation is 2. The molecule has 3 rings (SSSR count). The van der Waals surface area contributed by atoms with Gasteiger partial charge in [-0.3, -0.25) is 14.6 Å². The molecule has 0 saturated carbocycles. The highest BCUT2D eigenvalue weighted by Crippen LogP contribution is 2.16. The molecule has 0 amide bonds. The summed E-state index contributed by atoms with van der Waals surface area (Å²) in [6.45, 7) is 6.19. The van der Waals surface area contributed by atoms with Crippen molar-refractivity contribution in [3.05, 3.63) is 86.8 Å². The number of H-pyrrole nitrogens is 1.